The number of hydrogen-bond donors (Lipinski definition) is 0. The molecule has 0 fully saturated rings. The average Bonchev–Trinajstić information content (AvgIpc) is 2.15. The van der Waals surface area contributed by atoms with Crippen LogP contribution in [-0.2, 0) is 18.5 Å². The highest BCUT2D eigenvalue weighted by atomic mass is 31.2. The molecule has 6 heteroatoms. The Hall–Kier alpha value is -0.380. The van der Waals surface area contributed by atoms with Crippen LogP contribution in [0.4, 0.5) is 0 Å². The predicted molar refractivity (Wildman–Crippen MR) is 60.4 cm³/mol. The topological polar surface area (TPSA) is 57.1 Å². The number of nitrogens with zero attached hydrogens (tertiary/aromatic N) is 1. The Labute approximate surface area is 91.3 Å². The van der Waals surface area contributed by atoms with E-state index < -0.39 is 7.60 Å². The fourth-order valence-corrected chi connectivity index (χ4v) is 2.21. The second kappa shape index (κ2) is 5.64. The van der Waals surface area contributed by atoms with Crippen LogP contribution in [0.25, 0.3) is 0 Å². The maximum absolute atomic E-state index is 11.9. The Morgan fingerprint density at radius 1 is 1.20 bits per heavy atom. The van der Waals surface area contributed by atoms with Gasteiger partial charge in [0.05, 0.1) is 11.9 Å². The summed E-state index contributed by atoms with van der Waals surface area (Å²) < 4.78 is 21.6. The third-order valence-electron chi connectivity index (χ3n) is 1.97. The van der Waals surface area contributed by atoms with Gasteiger partial charge in [0.2, 0.25) is 0 Å². The Kier molecular flexibility index (Phi) is 5.49. The molecule has 0 amide bonds. The lowest BCUT2D eigenvalue weighted by atomic mass is 9.91. The van der Waals surface area contributed by atoms with Crippen LogP contribution in [0.5, 0.6) is 0 Å². The number of oxime groups is 1. The van der Waals surface area contributed by atoms with Crippen molar-refractivity contribution in [1.82, 2.24) is 0 Å². The van der Waals surface area contributed by atoms with E-state index in [-0.39, 0.29) is 11.6 Å². The van der Waals surface area contributed by atoms with Gasteiger partial charge in [-0.05, 0) is 0 Å². The molecule has 0 N–H and O–H groups in total. The standard InChI is InChI=1S/C9H20NO4P/c1-9(2,3)8(10-12-4)7-15(11,13-5)14-6/h7H2,1-6H3. The molecule has 0 saturated carbocycles. The van der Waals surface area contributed by atoms with Gasteiger partial charge in [-0.15, -0.1) is 0 Å². The minimum Gasteiger partial charge on any atom is -0.399 e. The number of rotatable bonds is 5. The van der Waals surface area contributed by atoms with Crippen LogP contribution in [0.1, 0.15) is 20.8 Å². The maximum atomic E-state index is 11.9. The lowest BCUT2D eigenvalue weighted by molar-refractivity contribution is 0.208. The van der Waals surface area contributed by atoms with E-state index in [1.165, 1.54) is 21.3 Å². The number of hydrogen-bond acceptors (Lipinski definition) is 5. The molecule has 0 aromatic heterocycles. The van der Waals surface area contributed by atoms with E-state index in [1.807, 2.05) is 20.8 Å². The molecule has 0 aromatic rings. The van der Waals surface area contributed by atoms with Crippen molar-refractivity contribution in [2.45, 2.75) is 20.8 Å². The predicted octanol–water partition coefficient (Wildman–Crippen LogP) is 2.52. The summed E-state index contributed by atoms with van der Waals surface area (Å²) in [5.41, 5.74) is 0.417. The molecule has 0 aromatic carbocycles. The molecule has 0 aliphatic rings. The highest BCUT2D eigenvalue weighted by Gasteiger charge is 2.30. The molecule has 0 radical (unpaired) electrons. The highest BCUT2D eigenvalue weighted by molar-refractivity contribution is 7.54. The van der Waals surface area contributed by atoms with Crippen LogP contribution < -0.4 is 0 Å². The first kappa shape index (κ1) is 14.6. The molecule has 0 saturated heterocycles. The smallest absolute Gasteiger partial charge is 0.335 e. The molecular formula is C9H20NO4P. The third-order valence-corrected chi connectivity index (χ3v) is 3.77. The van der Waals surface area contributed by atoms with Crippen molar-refractivity contribution in [2.24, 2.45) is 10.6 Å². The van der Waals surface area contributed by atoms with E-state index in [4.69, 9.17) is 13.9 Å². The quantitative estimate of drug-likeness (QED) is 0.419. The van der Waals surface area contributed by atoms with Gasteiger partial charge in [-0.2, -0.15) is 0 Å². The van der Waals surface area contributed by atoms with Crippen molar-refractivity contribution in [3.63, 3.8) is 0 Å². The van der Waals surface area contributed by atoms with Gasteiger partial charge in [-0.1, -0.05) is 25.9 Å². The van der Waals surface area contributed by atoms with E-state index in [0.29, 0.717) is 5.71 Å². The molecule has 0 heterocycles. The summed E-state index contributed by atoms with van der Waals surface area (Å²) in [5.74, 6) is 0. The van der Waals surface area contributed by atoms with Gasteiger partial charge < -0.3 is 13.9 Å². The van der Waals surface area contributed by atoms with Crippen molar-refractivity contribution in [1.29, 1.82) is 0 Å². The summed E-state index contributed by atoms with van der Waals surface area (Å²) >= 11 is 0. The third kappa shape index (κ3) is 4.78. The summed E-state index contributed by atoms with van der Waals surface area (Å²) in [6.07, 6.45) is 0.136. The zero-order valence-electron chi connectivity index (χ0n) is 10.2. The second-order valence-corrected chi connectivity index (χ2v) is 6.37. The maximum Gasteiger partial charge on any atom is 0.335 e. The summed E-state index contributed by atoms with van der Waals surface area (Å²) in [4.78, 5) is 4.72. The molecular weight excluding hydrogens is 217 g/mol. The van der Waals surface area contributed by atoms with Gasteiger partial charge in [0.25, 0.3) is 0 Å². The zero-order valence-corrected chi connectivity index (χ0v) is 11.1. The summed E-state index contributed by atoms with van der Waals surface area (Å²) in [6.45, 7) is 5.88. The van der Waals surface area contributed by atoms with Crippen LogP contribution in [-0.4, -0.2) is 33.2 Å². The molecule has 0 aliphatic carbocycles. The first-order valence-electron chi connectivity index (χ1n) is 4.60. The Morgan fingerprint density at radius 2 is 1.67 bits per heavy atom. The first-order valence-corrected chi connectivity index (χ1v) is 6.33. The van der Waals surface area contributed by atoms with Gasteiger partial charge in [-0.25, -0.2) is 0 Å². The molecule has 0 atom stereocenters. The minimum absolute atomic E-state index is 0.136. The van der Waals surface area contributed by atoms with Crippen LogP contribution in [0, 0.1) is 5.41 Å². The lowest BCUT2D eigenvalue weighted by Gasteiger charge is -2.23. The fourth-order valence-electron chi connectivity index (χ4n) is 0.900. The summed E-state index contributed by atoms with van der Waals surface area (Å²) in [5, 5.41) is 3.86. The van der Waals surface area contributed by atoms with Crippen molar-refractivity contribution in [3.8, 4) is 0 Å². The molecule has 0 bridgehead atoms. The largest absolute Gasteiger partial charge is 0.399 e. The molecule has 0 unspecified atom stereocenters. The molecule has 0 aliphatic heterocycles. The van der Waals surface area contributed by atoms with E-state index in [9.17, 15) is 4.57 Å². The van der Waals surface area contributed by atoms with Gasteiger partial charge in [-0.3, -0.25) is 4.57 Å². The Balaban J connectivity index is 4.86. The monoisotopic (exact) mass is 237 g/mol. The van der Waals surface area contributed by atoms with E-state index in [0.717, 1.165) is 0 Å². The molecule has 5 nitrogen and oxygen atoms in total. The lowest BCUT2D eigenvalue weighted by Crippen LogP contribution is -2.25. The van der Waals surface area contributed by atoms with Gasteiger partial charge in [0.15, 0.2) is 0 Å². The van der Waals surface area contributed by atoms with Crippen molar-refractivity contribution >= 4 is 13.3 Å². The van der Waals surface area contributed by atoms with Gasteiger partial charge in [0, 0.05) is 19.6 Å². The van der Waals surface area contributed by atoms with Crippen molar-refractivity contribution < 1.29 is 18.5 Å². The van der Waals surface area contributed by atoms with Crippen LogP contribution in [0.2, 0.25) is 0 Å². The summed E-state index contributed by atoms with van der Waals surface area (Å²) in [6, 6.07) is 0. The molecule has 0 rings (SSSR count). The first-order chi connectivity index (χ1) is 6.79. The minimum atomic E-state index is -3.07. The van der Waals surface area contributed by atoms with Crippen molar-refractivity contribution in [2.75, 3.05) is 27.5 Å². The summed E-state index contributed by atoms with van der Waals surface area (Å²) in [7, 11) is 1.10. The van der Waals surface area contributed by atoms with E-state index >= 15 is 0 Å². The van der Waals surface area contributed by atoms with Crippen LogP contribution >= 0.6 is 7.60 Å². The Bertz CT molecular complexity index is 262. The Morgan fingerprint density at radius 3 is 1.93 bits per heavy atom. The molecule has 15 heavy (non-hydrogen) atoms. The molecule has 90 valence electrons. The molecule has 0 spiro atoms. The highest BCUT2D eigenvalue weighted by Crippen LogP contribution is 2.47. The normalized spacial score (nSPS) is 14.1. The van der Waals surface area contributed by atoms with Gasteiger partial charge >= 0.3 is 7.60 Å². The average molecular weight is 237 g/mol. The van der Waals surface area contributed by atoms with E-state index in [1.54, 1.807) is 0 Å². The van der Waals surface area contributed by atoms with Crippen molar-refractivity contribution in [3.05, 3.63) is 0 Å². The van der Waals surface area contributed by atoms with Gasteiger partial charge in [0.1, 0.15) is 7.11 Å². The zero-order chi connectivity index (χ0) is 12.1. The van der Waals surface area contributed by atoms with E-state index in [2.05, 4.69) is 5.16 Å². The van der Waals surface area contributed by atoms with Crippen LogP contribution in [0.15, 0.2) is 5.16 Å². The fraction of sp³-hybridized carbons (Fsp3) is 0.889. The van der Waals surface area contributed by atoms with Crippen LogP contribution in [0.3, 0.4) is 0 Å². The second-order valence-electron chi connectivity index (χ2n) is 4.10. The SMILES string of the molecule is CON=C(CP(=O)(OC)OC)C(C)(C)C.